The van der Waals surface area contributed by atoms with E-state index in [0.29, 0.717) is 21.9 Å². The summed E-state index contributed by atoms with van der Waals surface area (Å²) >= 11 is 0. The molecular formula is C17H11F3N4O2. The highest BCUT2D eigenvalue weighted by Crippen LogP contribution is 2.35. The van der Waals surface area contributed by atoms with Crippen LogP contribution in [0, 0.1) is 0 Å². The number of primary amides is 1. The normalized spacial score (nSPS) is 12.1. The summed E-state index contributed by atoms with van der Waals surface area (Å²) in [5.74, 6) is -0.832. The Morgan fingerprint density at radius 1 is 1.23 bits per heavy atom. The Bertz CT molecular complexity index is 1140. The van der Waals surface area contributed by atoms with Crippen molar-refractivity contribution in [3.05, 3.63) is 48.5 Å². The number of hydrogen-bond acceptors (Lipinski definition) is 4. The van der Waals surface area contributed by atoms with E-state index >= 15 is 0 Å². The molecule has 26 heavy (non-hydrogen) atoms. The molecule has 132 valence electrons. The van der Waals surface area contributed by atoms with Gasteiger partial charge in [-0.15, -0.1) is 0 Å². The number of fused-ring (bicyclic) bond motifs is 2. The van der Waals surface area contributed by atoms with Gasteiger partial charge in [0.15, 0.2) is 0 Å². The molecule has 9 heteroatoms. The third-order valence-corrected chi connectivity index (χ3v) is 3.95. The Morgan fingerprint density at radius 3 is 2.73 bits per heavy atom. The number of rotatable bonds is 3. The number of aromatic nitrogens is 3. The smallest absolute Gasteiger partial charge is 0.408 e. The van der Waals surface area contributed by atoms with Crippen LogP contribution in [-0.2, 0) is 6.54 Å². The van der Waals surface area contributed by atoms with E-state index in [1.165, 1.54) is 18.5 Å². The third kappa shape index (κ3) is 2.67. The van der Waals surface area contributed by atoms with Crippen molar-refractivity contribution in [2.45, 2.75) is 12.7 Å². The van der Waals surface area contributed by atoms with Gasteiger partial charge in [0.1, 0.15) is 29.8 Å². The number of nitrogens with two attached hydrogens (primary N) is 1. The fourth-order valence-electron chi connectivity index (χ4n) is 2.85. The van der Waals surface area contributed by atoms with Crippen LogP contribution in [0.15, 0.2) is 47.2 Å². The number of alkyl halides is 3. The predicted octanol–water partition coefficient (Wildman–Crippen LogP) is 3.51. The van der Waals surface area contributed by atoms with Gasteiger partial charge >= 0.3 is 6.18 Å². The van der Waals surface area contributed by atoms with Gasteiger partial charge in [-0.3, -0.25) is 14.5 Å². The molecule has 4 aromatic rings. The van der Waals surface area contributed by atoms with Crippen molar-refractivity contribution in [3.8, 4) is 11.3 Å². The first-order chi connectivity index (χ1) is 12.3. The molecular weight excluding hydrogens is 349 g/mol. The zero-order valence-corrected chi connectivity index (χ0v) is 13.1. The first kappa shape index (κ1) is 16.1. The number of benzene rings is 1. The van der Waals surface area contributed by atoms with E-state index in [1.807, 2.05) is 0 Å². The van der Waals surface area contributed by atoms with Gasteiger partial charge in [0.05, 0.1) is 5.52 Å². The van der Waals surface area contributed by atoms with E-state index in [-0.39, 0.29) is 16.9 Å². The van der Waals surface area contributed by atoms with Gasteiger partial charge in [-0.05, 0) is 12.1 Å². The van der Waals surface area contributed by atoms with Crippen molar-refractivity contribution in [3.63, 3.8) is 0 Å². The molecule has 0 atom stereocenters. The van der Waals surface area contributed by atoms with E-state index in [2.05, 4.69) is 10.1 Å². The summed E-state index contributed by atoms with van der Waals surface area (Å²) in [4.78, 5) is 15.3. The third-order valence-electron chi connectivity index (χ3n) is 3.95. The predicted molar refractivity (Wildman–Crippen MR) is 87.3 cm³/mol. The topological polar surface area (TPSA) is 86.9 Å². The van der Waals surface area contributed by atoms with Crippen LogP contribution in [0.4, 0.5) is 13.2 Å². The highest BCUT2D eigenvalue weighted by atomic mass is 19.4. The minimum absolute atomic E-state index is 0.117. The maximum atomic E-state index is 12.9. The summed E-state index contributed by atoms with van der Waals surface area (Å²) in [7, 11) is 0. The van der Waals surface area contributed by atoms with Crippen LogP contribution in [0.2, 0.25) is 0 Å². The second kappa shape index (κ2) is 5.58. The van der Waals surface area contributed by atoms with Crippen molar-refractivity contribution in [2.24, 2.45) is 5.73 Å². The Balaban J connectivity index is 1.99. The fourth-order valence-corrected chi connectivity index (χ4v) is 2.85. The minimum Gasteiger partial charge on any atom is -0.464 e. The van der Waals surface area contributed by atoms with Crippen LogP contribution in [0.5, 0.6) is 0 Å². The van der Waals surface area contributed by atoms with Gasteiger partial charge in [-0.2, -0.15) is 18.3 Å². The van der Waals surface area contributed by atoms with Gasteiger partial charge in [-0.1, -0.05) is 18.2 Å². The number of halogens is 3. The first-order valence-electron chi connectivity index (χ1n) is 7.53. The van der Waals surface area contributed by atoms with Crippen molar-refractivity contribution < 1.29 is 22.4 Å². The quantitative estimate of drug-likeness (QED) is 0.606. The van der Waals surface area contributed by atoms with E-state index < -0.39 is 18.6 Å². The summed E-state index contributed by atoms with van der Waals surface area (Å²) in [5.41, 5.74) is 6.59. The van der Waals surface area contributed by atoms with E-state index in [1.54, 1.807) is 24.3 Å². The lowest BCUT2D eigenvalue weighted by Gasteiger charge is -2.07. The van der Waals surface area contributed by atoms with E-state index in [0.717, 1.165) is 4.68 Å². The lowest BCUT2D eigenvalue weighted by molar-refractivity contribution is -0.141. The second-order valence-corrected chi connectivity index (χ2v) is 5.72. The molecule has 2 N–H and O–H groups in total. The number of furan rings is 1. The largest absolute Gasteiger partial charge is 0.464 e. The molecule has 0 aliphatic rings. The van der Waals surface area contributed by atoms with Gasteiger partial charge in [0.25, 0.3) is 5.91 Å². The van der Waals surface area contributed by atoms with Gasteiger partial charge in [0, 0.05) is 22.5 Å². The van der Waals surface area contributed by atoms with Crippen LogP contribution in [0.25, 0.3) is 33.1 Å². The number of amides is 1. The Kier molecular flexibility index (Phi) is 3.46. The molecule has 1 amide bonds. The molecule has 0 saturated heterocycles. The van der Waals surface area contributed by atoms with Crippen LogP contribution in [0.3, 0.4) is 0 Å². The van der Waals surface area contributed by atoms with E-state index in [9.17, 15) is 18.0 Å². The first-order valence-corrected chi connectivity index (χ1v) is 7.53. The van der Waals surface area contributed by atoms with Crippen LogP contribution < -0.4 is 5.73 Å². The van der Waals surface area contributed by atoms with Crippen LogP contribution in [0.1, 0.15) is 10.5 Å². The molecule has 6 nitrogen and oxygen atoms in total. The number of carbonyl (C=O) groups is 1. The lowest BCUT2D eigenvalue weighted by Crippen LogP contribution is -2.19. The van der Waals surface area contributed by atoms with Crippen molar-refractivity contribution >= 4 is 27.8 Å². The number of pyridine rings is 1. The maximum Gasteiger partial charge on any atom is 0.408 e. The molecule has 0 unspecified atom stereocenters. The molecule has 0 aliphatic heterocycles. The number of carbonyl (C=O) groups excluding carboxylic acids is 1. The molecule has 0 aliphatic carbocycles. The highest BCUT2D eigenvalue weighted by molar-refractivity contribution is 6.03. The average Bonchev–Trinajstić information content (AvgIpc) is 3.14. The lowest BCUT2D eigenvalue weighted by atomic mass is 10.1. The molecule has 0 saturated carbocycles. The maximum absolute atomic E-state index is 12.9. The summed E-state index contributed by atoms with van der Waals surface area (Å²) < 4.78 is 45.1. The van der Waals surface area contributed by atoms with Crippen molar-refractivity contribution in [1.29, 1.82) is 0 Å². The van der Waals surface area contributed by atoms with Gasteiger partial charge in [-0.25, -0.2) is 0 Å². The van der Waals surface area contributed by atoms with Crippen LogP contribution >= 0.6 is 0 Å². The number of nitrogens with zero attached hydrogens (tertiary/aromatic N) is 3. The number of hydrogen-bond donors (Lipinski definition) is 1. The standard InChI is InChI=1S/C17H11F3N4O2/c18-17(19,20)8-24-13-5-12(16(21)25)22-6-10(13)15(23-24)11-7-26-14-4-2-1-3-9(11)14/h1-7H,8H2,(H2,21,25). The molecule has 1 aromatic carbocycles. The van der Waals surface area contributed by atoms with Crippen molar-refractivity contribution in [2.75, 3.05) is 0 Å². The Morgan fingerprint density at radius 2 is 2.00 bits per heavy atom. The van der Waals surface area contributed by atoms with Gasteiger partial charge in [0.2, 0.25) is 0 Å². The molecule has 3 aromatic heterocycles. The summed E-state index contributed by atoms with van der Waals surface area (Å²) in [6.45, 7) is -1.30. The summed E-state index contributed by atoms with van der Waals surface area (Å²) in [5, 5.41) is 5.19. The fraction of sp³-hybridized carbons (Fsp3) is 0.118. The number of para-hydroxylation sites is 1. The zero-order chi connectivity index (χ0) is 18.5. The molecule has 4 rings (SSSR count). The monoisotopic (exact) mass is 360 g/mol. The average molecular weight is 360 g/mol. The molecule has 0 radical (unpaired) electrons. The Labute approximate surface area is 144 Å². The highest BCUT2D eigenvalue weighted by Gasteiger charge is 2.30. The van der Waals surface area contributed by atoms with Gasteiger partial charge < -0.3 is 10.2 Å². The summed E-state index contributed by atoms with van der Waals surface area (Å²) in [6.07, 6.45) is -1.75. The van der Waals surface area contributed by atoms with Crippen LogP contribution in [-0.4, -0.2) is 26.8 Å². The Hall–Kier alpha value is -3.36. The molecule has 0 fully saturated rings. The van der Waals surface area contributed by atoms with Crippen molar-refractivity contribution in [1.82, 2.24) is 14.8 Å². The second-order valence-electron chi connectivity index (χ2n) is 5.72. The summed E-state index contributed by atoms with van der Waals surface area (Å²) in [6, 6.07) is 8.32. The zero-order valence-electron chi connectivity index (χ0n) is 13.1. The molecule has 3 heterocycles. The molecule has 0 spiro atoms. The SMILES string of the molecule is NC(=O)c1cc2c(cn1)c(-c1coc3ccccc13)nn2CC(F)(F)F. The minimum atomic E-state index is -4.48. The molecule has 0 bridgehead atoms. The van der Waals surface area contributed by atoms with E-state index in [4.69, 9.17) is 10.2 Å².